The number of hydrogen-bond acceptors (Lipinski definition) is 6. The van der Waals surface area contributed by atoms with Crippen molar-refractivity contribution in [3.05, 3.63) is 24.0 Å². The van der Waals surface area contributed by atoms with Crippen LogP contribution in [0.2, 0.25) is 0 Å². The molecule has 1 aliphatic heterocycles. The second-order valence-corrected chi connectivity index (χ2v) is 7.43. The first-order valence-electron chi connectivity index (χ1n) is 9.39. The van der Waals surface area contributed by atoms with Gasteiger partial charge in [-0.15, -0.1) is 0 Å². The molecule has 0 spiro atoms. The van der Waals surface area contributed by atoms with Crippen molar-refractivity contribution in [2.45, 2.75) is 51.2 Å². The molecule has 2 atom stereocenters. The zero-order valence-corrected chi connectivity index (χ0v) is 15.6. The van der Waals surface area contributed by atoms with Crippen LogP contribution in [0.3, 0.4) is 0 Å². The molecule has 2 aliphatic rings. The molecule has 2 fully saturated rings. The number of aromatic nitrogens is 2. The summed E-state index contributed by atoms with van der Waals surface area (Å²) in [5, 5.41) is 3.05. The number of hydrogen-bond donors (Lipinski definition) is 2. The van der Waals surface area contributed by atoms with E-state index < -0.39 is 0 Å². The molecule has 0 bridgehead atoms. The summed E-state index contributed by atoms with van der Waals surface area (Å²) in [5.74, 6) is 1.98. The number of anilines is 2. The van der Waals surface area contributed by atoms with E-state index in [-0.39, 0.29) is 18.1 Å². The monoisotopic (exact) mass is 359 g/mol. The van der Waals surface area contributed by atoms with Crippen LogP contribution in [0.4, 0.5) is 11.6 Å². The van der Waals surface area contributed by atoms with Gasteiger partial charge in [0, 0.05) is 32.3 Å². The average Bonchev–Trinajstić information content (AvgIpc) is 3.05. The first-order chi connectivity index (χ1) is 12.5. The number of ether oxygens (including phenoxy) is 1. The van der Waals surface area contributed by atoms with Gasteiger partial charge in [0.05, 0.1) is 12.1 Å². The molecular formula is C19H29N5O2. The topological polar surface area (TPSA) is 93.4 Å². The van der Waals surface area contributed by atoms with Crippen LogP contribution in [0.1, 0.15) is 39.0 Å². The maximum atomic E-state index is 12.3. The smallest absolute Gasteiger partial charge is 0.244 e. The Morgan fingerprint density at radius 1 is 1.42 bits per heavy atom. The molecule has 0 radical (unpaired) electrons. The van der Waals surface area contributed by atoms with Crippen LogP contribution in [-0.2, 0) is 9.53 Å². The van der Waals surface area contributed by atoms with Gasteiger partial charge in [-0.05, 0) is 38.0 Å². The molecule has 0 unspecified atom stereocenters. The molecule has 1 aromatic heterocycles. The number of rotatable bonds is 5. The molecule has 1 aromatic rings. The van der Waals surface area contributed by atoms with Crippen molar-refractivity contribution in [1.82, 2.24) is 15.3 Å². The van der Waals surface area contributed by atoms with Gasteiger partial charge in [-0.2, -0.15) is 0 Å². The molecule has 142 valence electrons. The molecule has 1 saturated heterocycles. The normalized spacial score (nSPS) is 26.0. The Kier molecular flexibility index (Phi) is 6.08. The molecule has 0 aromatic carbocycles. The number of carbonyl (C=O) groups is 1. The fourth-order valence-corrected chi connectivity index (χ4v) is 3.77. The highest BCUT2D eigenvalue weighted by Gasteiger charge is 2.33. The van der Waals surface area contributed by atoms with Gasteiger partial charge < -0.3 is 20.7 Å². The lowest BCUT2D eigenvalue weighted by Gasteiger charge is -2.25. The summed E-state index contributed by atoms with van der Waals surface area (Å²) in [4.78, 5) is 22.7. The third kappa shape index (κ3) is 4.72. The number of nitrogens with zero attached hydrogens (tertiary/aromatic N) is 3. The summed E-state index contributed by atoms with van der Waals surface area (Å²) in [6.07, 6.45) is 8.66. The highest BCUT2D eigenvalue weighted by atomic mass is 16.5. The Morgan fingerprint density at radius 3 is 2.88 bits per heavy atom. The highest BCUT2D eigenvalue weighted by Crippen LogP contribution is 2.28. The van der Waals surface area contributed by atoms with E-state index in [1.807, 2.05) is 0 Å². The van der Waals surface area contributed by atoms with E-state index in [0.717, 1.165) is 37.5 Å². The molecule has 1 amide bonds. The minimum absolute atomic E-state index is 0.00225. The summed E-state index contributed by atoms with van der Waals surface area (Å²) >= 11 is 0. The van der Waals surface area contributed by atoms with E-state index in [0.29, 0.717) is 12.4 Å². The average molecular weight is 359 g/mol. The third-order valence-electron chi connectivity index (χ3n) is 5.44. The van der Waals surface area contributed by atoms with Crippen molar-refractivity contribution in [3.8, 4) is 0 Å². The van der Waals surface area contributed by atoms with E-state index in [4.69, 9.17) is 10.5 Å². The quantitative estimate of drug-likeness (QED) is 0.780. The summed E-state index contributed by atoms with van der Waals surface area (Å²) in [5.41, 5.74) is 7.05. The van der Waals surface area contributed by atoms with E-state index in [2.05, 4.69) is 27.1 Å². The van der Waals surface area contributed by atoms with Gasteiger partial charge in [-0.3, -0.25) is 4.79 Å². The molecule has 7 nitrogen and oxygen atoms in total. The van der Waals surface area contributed by atoms with Gasteiger partial charge >= 0.3 is 0 Å². The van der Waals surface area contributed by atoms with Crippen LogP contribution in [0, 0.1) is 5.92 Å². The summed E-state index contributed by atoms with van der Waals surface area (Å²) in [7, 11) is 1.71. The summed E-state index contributed by atoms with van der Waals surface area (Å²) in [6.45, 7) is 3.56. The fourth-order valence-electron chi connectivity index (χ4n) is 3.77. The van der Waals surface area contributed by atoms with Crippen molar-refractivity contribution < 1.29 is 9.53 Å². The lowest BCUT2D eigenvalue weighted by molar-refractivity contribution is -0.116. The fraction of sp³-hybridized carbons (Fsp3) is 0.632. The van der Waals surface area contributed by atoms with Crippen LogP contribution in [0.5, 0.6) is 0 Å². The van der Waals surface area contributed by atoms with E-state index in [1.54, 1.807) is 19.3 Å². The van der Waals surface area contributed by atoms with E-state index >= 15 is 0 Å². The predicted molar refractivity (Wildman–Crippen MR) is 102 cm³/mol. The van der Waals surface area contributed by atoms with Crippen molar-refractivity contribution in [2.24, 2.45) is 5.92 Å². The first-order valence-corrected chi connectivity index (χ1v) is 9.39. The van der Waals surface area contributed by atoms with Gasteiger partial charge in [-0.25, -0.2) is 9.97 Å². The minimum Gasteiger partial charge on any atom is -0.384 e. The number of nitrogens with two attached hydrogens (primary N) is 1. The second-order valence-electron chi connectivity index (χ2n) is 7.43. The van der Waals surface area contributed by atoms with Gasteiger partial charge in [0.1, 0.15) is 18.0 Å². The number of carbonyl (C=O) groups excluding carboxylic acids is 1. The van der Waals surface area contributed by atoms with Crippen LogP contribution in [0.25, 0.3) is 0 Å². The minimum atomic E-state index is -0.00225. The van der Waals surface area contributed by atoms with Crippen LogP contribution in [0.15, 0.2) is 24.0 Å². The van der Waals surface area contributed by atoms with Crippen molar-refractivity contribution in [3.63, 3.8) is 0 Å². The zero-order chi connectivity index (χ0) is 18.5. The standard InChI is InChI=1S/C19H29N5O2/c1-13-3-5-14(6-4-13)7-19(25)21-10-15-8-16(26-2)11-24(15)18-9-17(20)22-12-23-18/h7,9,12-13,15-16H,3-6,8,10-11H2,1-2H3,(H,21,25)(H2,20,22,23)/t13?,15-,16-/m1/s1. The summed E-state index contributed by atoms with van der Waals surface area (Å²) in [6, 6.07) is 1.89. The number of allylic oxidation sites excluding steroid dienone is 1. The zero-order valence-electron chi connectivity index (χ0n) is 15.6. The van der Waals surface area contributed by atoms with E-state index in [9.17, 15) is 4.79 Å². The molecule has 7 heteroatoms. The molecule has 1 aliphatic carbocycles. The maximum Gasteiger partial charge on any atom is 0.244 e. The Bertz CT molecular complexity index is 653. The highest BCUT2D eigenvalue weighted by molar-refractivity contribution is 5.88. The van der Waals surface area contributed by atoms with Crippen LogP contribution >= 0.6 is 0 Å². The van der Waals surface area contributed by atoms with Crippen molar-refractivity contribution in [1.29, 1.82) is 0 Å². The Labute approximate surface area is 155 Å². The molecule has 3 rings (SSSR count). The largest absolute Gasteiger partial charge is 0.384 e. The molecule has 3 N–H and O–H groups in total. The van der Waals surface area contributed by atoms with Gasteiger partial charge in [-0.1, -0.05) is 12.5 Å². The SMILES string of the molecule is CO[C@@H]1C[C@H](CNC(=O)C=C2CCC(C)CC2)N(c2cc(N)ncn2)C1. The summed E-state index contributed by atoms with van der Waals surface area (Å²) < 4.78 is 5.52. The molecule has 26 heavy (non-hydrogen) atoms. The van der Waals surface area contributed by atoms with Crippen LogP contribution < -0.4 is 16.0 Å². The Hall–Kier alpha value is -2.15. The van der Waals surface area contributed by atoms with Crippen molar-refractivity contribution >= 4 is 17.5 Å². The lowest BCUT2D eigenvalue weighted by atomic mass is 9.87. The number of nitrogens with one attached hydrogen (secondary N) is 1. The van der Waals surface area contributed by atoms with Gasteiger partial charge in [0.25, 0.3) is 0 Å². The predicted octanol–water partition coefficient (Wildman–Crippen LogP) is 1.91. The number of amides is 1. The van der Waals surface area contributed by atoms with Gasteiger partial charge in [0.15, 0.2) is 0 Å². The maximum absolute atomic E-state index is 12.3. The molecular weight excluding hydrogens is 330 g/mol. The van der Waals surface area contributed by atoms with Crippen molar-refractivity contribution in [2.75, 3.05) is 30.8 Å². The van der Waals surface area contributed by atoms with Crippen LogP contribution in [-0.4, -0.2) is 48.2 Å². The second kappa shape index (κ2) is 8.49. The number of methoxy groups -OCH3 is 1. The van der Waals surface area contributed by atoms with Gasteiger partial charge in [0.2, 0.25) is 5.91 Å². The third-order valence-corrected chi connectivity index (χ3v) is 5.44. The number of nitrogen functional groups attached to an aromatic ring is 1. The Morgan fingerprint density at radius 2 is 2.19 bits per heavy atom. The molecule has 1 saturated carbocycles. The molecule has 2 heterocycles. The van der Waals surface area contributed by atoms with E-state index in [1.165, 1.54) is 24.7 Å². The first kappa shape index (κ1) is 18.6. The Balaban J connectivity index is 1.59. The lowest BCUT2D eigenvalue weighted by Crippen LogP contribution is -2.40.